The molecule has 1 heterocycles. The minimum atomic E-state index is 0.726. The SMILES string of the molecule is CCc1cccc2c1nc(CCCN)n2C. The quantitative estimate of drug-likeness (QED) is 0.851. The standard InChI is InChI=1S/C13H19N3/c1-3-10-6-4-7-11-13(10)15-12(16(11)2)8-5-9-14/h4,6-7H,3,5,8-9,14H2,1-2H3. The molecule has 1 aromatic carbocycles. The van der Waals surface area contributed by atoms with Crippen molar-refractivity contribution in [2.75, 3.05) is 6.54 Å². The zero-order valence-electron chi connectivity index (χ0n) is 10.0. The van der Waals surface area contributed by atoms with Gasteiger partial charge in [0.1, 0.15) is 5.82 Å². The number of nitrogens with zero attached hydrogens (tertiary/aromatic N) is 2. The van der Waals surface area contributed by atoms with E-state index in [1.165, 1.54) is 11.1 Å². The summed E-state index contributed by atoms with van der Waals surface area (Å²) in [6, 6.07) is 6.39. The Balaban J connectivity index is 2.49. The third-order valence-electron chi connectivity index (χ3n) is 3.07. The highest BCUT2D eigenvalue weighted by molar-refractivity contribution is 5.79. The first-order valence-corrected chi connectivity index (χ1v) is 5.91. The Bertz CT molecular complexity index is 485. The summed E-state index contributed by atoms with van der Waals surface area (Å²) in [5.74, 6) is 1.14. The fraction of sp³-hybridized carbons (Fsp3) is 0.462. The van der Waals surface area contributed by atoms with Gasteiger partial charge in [-0.2, -0.15) is 0 Å². The molecule has 0 bridgehead atoms. The Labute approximate surface area is 96.3 Å². The summed E-state index contributed by atoms with van der Waals surface area (Å²) in [4.78, 5) is 4.73. The molecule has 0 amide bonds. The topological polar surface area (TPSA) is 43.8 Å². The van der Waals surface area contributed by atoms with Gasteiger partial charge in [-0.3, -0.25) is 0 Å². The fourth-order valence-corrected chi connectivity index (χ4v) is 2.09. The van der Waals surface area contributed by atoms with E-state index >= 15 is 0 Å². The molecule has 16 heavy (non-hydrogen) atoms. The van der Waals surface area contributed by atoms with Gasteiger partial charge in [-0.05, 0) is 31.0 Å². The van der Waals surface area contributed by atoms with Gasteiger partial charge in [0.2, 0.25) is 0 Å². The molecule has 0 spiro atoms. The van der Waals surface area contributed by atoms with Gasteiger partial charge in [0.15, 0.2) is 0 Å². The van der Waals surface area contributed by atoms with Crippen LogP contribution in [0.2, 0.25) is 0 Å². The molecule has 2 rings (SSSR count). The number of rotatable bonds is 4. The summed E-state index contributed by atoms with van der Waals surface area (Å²) >= 11 is 0. The highest BCUT2D eigenvalue weighted by Crippen LogP contribution is 2.20. The molecular formula is C13H19N3. The average molecular weight is 217 g/mol. The number of hydrogen-bond donors (Lipinski definition) is 1. The van der Waals surface area contributed by atoms with Crippen molar-refractivity contribution in [2.45, 2.75) is 26.2 Å². The molecular weight excluding hydrogens is 198 g/mol. The van der Waals surface area contributed by atoms with Gasteiger partial charge in [0, 0.05) is 13.5 Å². The smallest absolute Gasteiger partial charge is 0.109 e. The van der Waals surface area contributed by atoms with Crippen molar-refractivity contribution in [1.29, 1.82) is 0 Å². The normalized spacial score (nSPS) is 11.2. The van der Waals surface area contributed by atoms with Crippen molar-refractivity contribution in [3.05, 3.63) is 29.6 Å². The summed E-state index contributed by atoms with van der Waals surface area (Å²) < 4.78 is 2.18. The number of aromatic nitrogens is 2. The molecule has 0 saturated carbocycles. The number of aryl methyl sites for hydroxylation is 3. The van der Waals surface area contributed by atoms with Crippen molar-refractivity contribution >= 4 is 11.0 Å². The maximum absolute atomic E-state index is 5.54. The minimum Gasteiger partial charge on any atom is -0.331 e. The summed E-state index contributed by atoms with van der Waals surface area (Å²) in [6.45, 7) is 2.90. The first-order valence-electron chi connectivity index (χ1n) is 5.91. The summed E-state index contributed by atoms with van der Waals surface area (Å²) in [6.07, 6.45) is 2.99. The molecule has 0 aliphatic rings. The number of para-hydroxylation sites is 1. The Morgan fingerprint density at radius 3 is 2.88 bits per heavy atom. The molecule has 0 saturated heterocycles. The lowest BCUT2D eigenvalue weighted by Gasteiger charge is -2.00. The molecule has 2 N–H and O–H groups in total. The second-order valence-electron chi connectivity index (χ2n) is 4.12. The monoisotopic (exact) mass is 217 g/mol. The van der Waals surface area contributed by atoms with Crippen LogP contribution in [0.3, 0.4) is 0 Å². The summed E-state index contributed by atoms with van der Waals surface area (Å²) in [5, 5.41) is 0. The van der Waals surface area contributed by atoms with Crippen molar-refractivity contribution in [3.63, 3.8) is 0 Å². The van der Waals surface area contributed by atoms with E-state index in [1.807, 2.05) is 0 Å². The first kappa shape index (κ1) is 11.1. The molecule has 0 fully saturated rings. The number of nitrogens with two attached hydrogens (primary N) is 1. The molecule has 0 unspecified atom stereocenters. The van der Waals surface area contributed by atoms with Crippen LogP contribution in [0, 0.1) is 0 Å². The maximum Gasteiger partial charge on any atom is 0.109 e. The lowest BCUT2D eigenvalue weighted by molar-refractivity contribution is 0.741. The van der Waals surface area contributed by atoms with Crippen LogP contribution < -0.4 is 5.73 Å². The van der Waals surface area contributed by atoms with E-state index in [4.69, 9.17) is 10.7 Å². The lowest BCUT2D eigenvalue weighted by atomic mass is 10.1. The summed E-state index contributed by atoms with van der Waals surface area (Å²) in [7, 11) is 2.08. The van der Waals surface area contributed by atoms with Crippen LogP contribution in [0.4, 0.5) is 0 Å². The minimum absolute atomic E-state index is 0.726. The lowest BCUT2D eigenvalue weighted by Crippen LogP contribution is -2.04. The van der Waals surface area contributed by atoms with Crippen molar-refractivity contribution in [1.82, 2.24) is 9.55 Å². The van der Waals surface area contributed by atoms with Crippen LogP contribution in [-0.4, -0.2) is 16.1 Å². The molecule has 3 heteroatoms. The maximum atomic E-state index is 5.54. The molecule has 0 radical (unpaired) electrons. The van der Waals surface area contributed by atoms with Crippen molar-refractivity contribution < 1.29 is 0 Å². The van der Waals surface area contributed by atoms with Crippen molar-refractivity contribution in [3.8, 4) is 0 Å². The number of hydrogen-bond acceptors (Lipinski definition) is 2. The van der Waals surface area contributed by atoms with Gasteiger partial charge >= 0.3 is 0 Å². The van der Waals surface area contributed by atoms with Crippen LogP contribution in [0.5, 0.6) is 0 Å². The van der Waals surface area contributed by atoms with E-state index in [2.05, 4.69) is 36.7 Å². The number of benzene rings is 1. The Morgan fingerprint density at radius 1 is 1.38 bits per heavy atom. The Morgan fingerprint density at radius 2 is 2.19 bits per heavy atom. The third-order valence-corrected chi connectivity index (χ3v) is 3.07. The van der Waals surface area contributed by atoms with Crippen LogP contribution in [0.25, 0.3) is 11.0 Å². The molecule has 1 aromatic heterocycles. The highest BCUT2D eigenvalue weighted by Gasteiger charge is 2.09. The van der Waals surface area contributed by atoms with Gasteiger partial charge in [-0.15, -0.1) is 0 Å². The highest BCUT2D eigenvalue weighted by atomic mass is 15.1. The molecule has 86 valence electrons. The van der Waals surface area contributed by atoms with Gasteiger partial charge in [-0.25, -0.2) is 4.98 Å². The van der Waals surface area contributed by atoms with Gasteiger partial charge in [-0.1, -0.05) is 19.1 Å². The second-order valence-corrected chi connectivity index (χ2v) is 4.12. The van der Waals surface area contributed by atoms with Crippen LogP contribution >= 0.6 is 0 Å². The van der Waals surface area contributed by atoms with E-state index in [0.29, 0.717) is 0 Å². The number of imidazole rings is 1. The van der Waals surface area contributed by atoms with E-state index in [1.54, 1.807) is 0 Å². The van der Waals surface area contributed by atoms with E-state index in [0.717, 1.165) is 37.1 Å². The predicted octanol–water partition coefficient (Wildman–Crippen LogP) is 2.03. The van der Waals surface area contributed by atoms with Gasteiger partial charge in [0.05, 0.1) is 11.0 Å². The van der Waals surface area contributed by atoms with Gasteiger partial charge < -0.3 is 10.3 Å². The average Bonchev–Trinajstić information content (AvgIpc) is 2.64. The molecule has 0 aliphatic heterocycles. The van der Waals surface area contributed by atoms with E-state index < -0.39 is 0 Å². The largest absolute Gasteiger partial charge is 0.331 e. The zero-order valence-corrected chi connectivity index (χ0v) is 10.0. The predicted molar refractivity (Wildman–Crippen MR) is 67.5 cm³/mol. The third kappa shape index (κ3) is 1.83. The second kappa shape index (κ2) is 4.66. The Kier molecular flexibility index (Phi) is 3.25. The van der Waals surface area contributed by atoms with Crippen molar-refractivity contribution in [2.24, 2.45) is 12.8 Å². The van der Waals surface area contributed by atoms with Gasteiger partial charge in [0.25, 0.3) is 0 Å². The molecule has 0 aliphatic carbocycles. The zero-order chi connectivity index (χ0) is 11.5. The molecule has 2 aromatic rings. The molecule has 0 atom stereocenters. The fourth-order valence-electron chi connectivity index (χ4n) is 2.09. The molecule has 3 nitrogen and oxygen atoms in total. The van der Waals surface area contributed by atoms with Crippen LogP contribution in [0.1, 0.15) is 24.7 Å². The first-order chi connectivity index (χ1) is 7.77. The summed E-state index contributed by atoms with van der Waals surface area (Å²) in [5.41, 5.74) is 9.25. The van der Waals surface area contributed by atoms with E-state index in [9.17, 15) is 0 Å². The van der Waals surface area contributed by atoms with Crippen LogP contribution in [-0.2, 0) is 19.9 Å². The van der Waals surface area contributed by atoms with E-state index in [-0.39, 0.29) is 0 Å². The van der Waals surface area contributed by atoms with Crippen LogP contribution in [0.15, 0.2) is 18.2 Å². The number of fused-ring (bicyclic) bond motifs is 1. The Hall–Kier alpha value is -1.35.